The van der Waals surface area contributed by atoms with Gasteiger partial charge in [-0.15, -0.1) is 0 Å². The molecule has 1 saturated carbocycles. The van der Waals surface area contributed by atoms with Crippen molar-refractivity contribution in [3.05, 3.63) is 46.9 Å². The fraction of sp³-hybridized carbons (Fsp3) is 0.448. The molecule has 4 rings (SSSR count). The third kappa shape index (κ3) is 7.04. The van der Waals surface area contributed by atoms with E-state index in [4.69, 9.17) is 16.0 Å². The second kappa shape index (κ2) is 13.0. The second-order valence-corrected chi connectivity index (χ2v) is 10.8. The Kier molecular flexibility index (Phi) is 9.52. The van der Waals surface area contributed by atoms with Crippen LogP contribution in [0, 0.1) is 17.8 Å². The molecule has 1 aliphatic rings. The van der Waals surface area contributed by atoms with Crippen LogP contribution < -0.4 is 10.6 Å². The number of anilines is 2. The highest BCUT2D eigenvalue weighted by Crippen LogP contribution is 2.38. The van der Waals surface area contributed by atoms with Gasteiger partial charge in [-0.2, -0.15) is 0 Å². The van der Waals surface area contributed by atoms with Gasteiger partial charge in [0.2, 0.25) is 11.7 Å². The van der Waals surface area contributed by atoms with E-state index in [1.165, 1.54) is 18.3 Å². The van der Waals surface area contributed by atoms with E-state index < -0.39 is 11.9 Å². The van der Waals surface area contributed by atoms with Crippen molar-refractivity contribution in [2.45, 2.75) is 65.2 Å². The first-order valence-electron chi connectivity index (χ1n) is 13.5. The number of furan rings is 1. The van der Waals surface area contributed by atoms with Crippen LogP contribution in [0.15, 0.2) is 35.0 Å². The number of Topliss-reactive ketones (excluding diaryl/α,β-unsaturated/α-hetero) is 1. The van der Waals surface area contributed by atoms with Crippen LogP contribution in [0.25, 0.3) is 11.1 Å². The van der Waals surface area contributed by atoms with Crippen LogP contribution in [-0.4, -0.2) is 38.6 Å². The molecule has 0 bridgehead atoms. The van der Waals surface area contributed by atoms with E-state index >= 15 is 0 Å². The van der Waals surface area contributed by atoms with Crippen molar-refractivity contribution < 1.29 is 28.7 Å². The Morgan fingerprint density at radius 3 is 2.48 bits per heavy atom. The minimum absolute atomic E-state index is 0.0597. The number of ketones is 1. The lowest BCUT2D eigenvalue weighted by Gasteiger charge is -2.33. The summed E-state index contributed by atoms with van der Waals surface area (Å²) in [6.45, 7) is 3.80. The quantitative estimate of drug-likeness (QED) is 0.242. The summed E-state index contributed by atoms with van der Waals surface area (Å²) in [6.07, 6.45) is 9.35. The zero-order valence-corrected chi connectivity index (χ0v) is 23.3. The maximum atomic E-state index is 13.4. The van der Waals surface area contributed by atoms with Crippen LogP contribution in [-0.2, 0) is 9.59 Å². The summed E-state index contributed by atoms with van der Waals surface area (Å²) in [5.41, 5.74) is 0.209. The lowest BCUT2D eigenvalue weighted by molar-refractivity contribution is -0.121. The van der Waals surface area contributed by atoms with Crippen LogP contribution >= 0.6 is 11.6 Å². The van der Waals surface area contributed by atoms with E-state index in [0.717, 1.165) is 38.3 Å². The molecule has 11 heteroatoms. The molecular formula is C29H33ClN4O6. The summed E-state index contributed by atoms with van der Waals surface area (Å²) in [5, 5.41) is 15.2. The molecule has 0 saturated heterocycles. The van der Waals surface area contributed by atoms with Crippen LogP contribution in [0.4, 0.5) is 11.5 Å². The van der Waals surface area contributed by atoms with Gasteiger partial charge in [-0.1, -0.05) is 24.9 Å². The number of carboxylic acids is 1. The van der Waals surface area contributed by atoms with E-state index in [0.29, 0.717) is 36.1 Å². The van der Waals surface area contributed by atoms with Gasteiger partial charge in [0.1, 0.15) is 22.8 Å². The molecule has 3 heterocycles. The number of hydrogen-bond acceptors (Lipinski definition) is 7. The number of carboxylic acid groups (broad SMARTS) is 1. The molecule has 2 amide bonds. The lowest BCUT2D eigenvalue weighted by Crippen LogP contribution is -2.30. The highest BCUT2D eigenvalue weighted by molar-refractivity contribution is 6.30. The number of pyridine rings is 2. The minimum Gasteiger partial charge on any atom is -0.478 e. The number of aromatic carboxylic acids is 1. The standard InChI is InChI=1S/C29H33ClN4O6/c1-3-17(6-4-5-16(2)35)18-7-9-19(10-8-18)27(36)34-25-24-22(13-20(14-32-24)29(38)39)40-26(25)28(37)33-23-12-11-21(30)15-31-23/h11-15,17-19H,3-10H2,1-2H3,(H,34,36)(H,38,39)(H,31,33,37). The molecular weight excluding hydrogens is 536 g/mol. The Hall–Kier alpha value is -3.79. The first-order valence-corrected chi connectivity index (χ1v) is 13.9. The summed E-state index contributed by atoms with van der Waals surface area (Å²) in [4.78, 5) is 57.5. The fourth-order valence-electron chi connectivity index (χ4n) is 5.46. The molecule has 0 radical (unpaired) electrons. The third-order valence-corrected chi connectivity index (χ3v) is 7.86. The van der Waals surface area contributed by atoms with E-state index in [1.54, 1.807) is 13.0 Å². The van der Waals surface area contributed by atoms with E-state index in [9.17, 15) is 24.3 Å². The predicted molar refractivity (Wildman–Crippen MR) is 151 cm³/mol. The molecule has 212 valence electrons. The van der Waals surface area contributed by atoms with Crippen molar-refractivity contribution >= 4 is 57.8 Å². The van der Waals surface area contributed by atoms with Crippen LogP contribution in [0.2, 0.25) is 5.02 Å². The number of amides is 2. The zero-order chi connectivity index (χ0) is 28.8. The zero-order valence-electron chi connectivity index (χ0n) is 22.5. The number of carbonyl (C=O) groups excluding carboxylic acids is 3. The van der Waals surface area contributed by atoms with Gasteiger partial charge in [0.05, 0.1) is 10.6 Å². The fourth-order valence-corrected chi connectivity index (χ4v) is 5.57. The number of aromatic nitrogens is 2. The van der Waals surface area contributed by atoms with Crippen molar-refractivity contribution in [2.75, 3.05) is 10.6 Å². The first kappa shape index (κ1) is 29.2. The highest BCUT2D eigenvalue weighted by Gasteiger charge is 2.32. The summed E-state index contributed by atoms with van der Waals surface area (Å²) in [5.74, 6) is -1.09. The van der Waals surface area contributed by atoms with E-state index in [1.807, 2.05) is 0 Å². The van der Waals surface area contributed by atoms with Crippen molar-refractivity contribution in [2.24, 2.45) is 17.8 Å². The van der Waals surface area contributed by atoms with E-state index in [2.05, 4.69) is 27.5 Å². The summed E-state index contributed by atoms with van der Waals surface area (Å²) >= 11 is 5.87. The average Bonchev–Trinajstić information content (AvgIpc) is 3.30. The predicted octanol–water partition coefficient (Wildman–Crippen LogP) is 6.36. The van der Waals surface area contributed by atoms with Gasteiger partial charge in [0.15, 0.2) is 5.58 Å². The Morgan fingerprint density at radius 2 is 1.85 bits per heavy atom. The molecule has 10 nitrogen and oxygen atoms in total. The maximum Gasteiger partial charge on any atom is 0.337 e. The summed E-state index contributed by atoms with van der Waals surface area (Å²) < 4.78 is 5.72. The number of rotatable bonds is 11. The SMILES string of the molecule is CCC(CCCC(C)=O)C1CCC(C(=O)Nc2c(C(=O)Nc3ccc(Cl)cn3)oc3cc(C(=O)O)cnc23)CC1. The number of carbonyl (C=O) groups is 4. The molecule has 3 N–H and O–H groups in total. The average molecular weight is 569 g/mol. The molecule has 3 aromatic heterocycles. The first-order chi connectivity index (χ1) is 19.2. The third-order valence-electron chi connectivity index (χ3n) is 7.64. The van der Waals surface area contributed by atoms with Crippen LogP contribution in [0.5, 0.6) is 0 Å². The van der Waals surface area contributed by atoms with Gasteiger partial charge in [-0.3, -0.25) is 9.59 Å². The van der Waals surface area contributed by atoms with Crippen LogP contribution in [0.3, 0.4) is 0 Å². The van der Waals surface area contributed by atoms with Crippen molar-refractivity contribution in [1.29, 1.82) is 0 Å². The number of nitrogens with zero attached hydrogens (tertiary/aromatic N) is 2. The Bertz CT molecular complexity index is 1400. The summed E-state index contributed by atoms with van der Waals surface area (Å²) in [7, 11) is 0. The Morgan fingerprint density at radius 1 is 1.10 bits per heavy atom. The molecule has 40 heavy (non-hydrogen) atoms. The van der Waals surface area contributed by atoms with Gasteiger partial charge in [-0.25, -0.2) is 14.8 Å². The molecule has 1 atom stereocenters. The Labute approximate surface area is 236 Å². The van der Waals surface area contributed by atoms with Gasteiger partial charge in [0.25, 0.3) is 5.91 Å². The van der Waals surface area contributed by atoms with Gasteiger partial charge < -0.3 is 25.0 Å². The lowest BCUT2D eigenvalue weighted by atomic mass is 9.73. The normalized spacial score (nSPS) is 17.8. The van der Waals surface area contributed by atoms with Crippen molar-refractivity contribution in [3.63, 3.8) is 0 Å². The van der Waals surface area contributed by atoms with Crippen molar-refractivity contribution in [1.82, 2.24) is 9.97 Å². The molecule has 0 aliphatic heterocycles. The van der Waals surface area contributed by atoms with Gasteiger partial charge >= 0.3 is 5.97 Å². The monoisotopic (exact) mass is 568 g/mol. The summed E-state index contributed by atoms with van der Waals surface area (Å²) in [6, 6.07) is 4.35. The molecule has 1 fully saturated rings. The second-order valence-electron chi connectivity index (χ2n) is 10.4. The maximum absolute atomic E-state index is 13.4. The molecule has 0 spiro atoms. The van der Waals surface area contributed by atoms with Gasteiger partial charge in [0, 0.05) is 24.7 Å². The molecule has 3 aromatic rings. The van der Waals surface area contributed by atoms with Gasteiger partial charge in [-0.05, 0) is 75.5 Å². The smallest absolute Gasteiger partial charge is 0.337 e. The van der Waals surface area contributed by atoms with Crippen molar-refractivity contribution in [3.8, 4) is 0 Å². The number of fused-ring (bicyclic) bond motifs is 1. The largest absolute Gasteiger partial charge is 0.478 e. The van der Waals surface area contributed by atoms with E-state index in [-0.39, 0.29) is 51.5 Å². The number of nitrogens with one attached hydrogen (secondary N) is 2. The minimum atomic E-state index is -1.20. The molecule has 1 aliphatic carbocycles. The topological polar surface area (TPSA) is 151 Å². The van der Waals surface area contributed by atoms with Crippen LogP contribution in [0.1, 0.15) is 86.1 Å². The Balaban J connectivity index is 1.50. The molecule has 1 unspecified atom stereocenters. The number of hydrogen-bond donors (Lipinski definition) is 3. The molecule has 0 aromatic carbocycles. The highest BCUT2D eigenvalue weighted by atomic mass is 35.5. The number of halogens is 1.